The molecule has 134 valence electrons. The minimum absolute atomic E-state index is 0.0801. The van der Waals surface area contributed by atoms with Crippen LogP contribution in [0.1, 0.15) is 39.7 Å². The van der Waals surface area contributed by atoms with Gasteiger partial charge < -0.3 is 21.3 Å². The van der Waals surface area contributed by atoms with Crippen LogP contribution in [0.2, 0.25) is 0 Å². The summed E-state index contributed by atoms with van der Waals surface area (Å²) in [6, 6.07) is 7.20. The molecule has 2 rings (SSSR count). The van der Waals surface area contributed by atoms with Crippen molar-refractivity contribution in [3.8, 4) is 5.75 Å². The average molecular weight is 340 g/mol. The summed E-state index contributed by atoms with van der Waals surface area (Å²) in [7, 11) is 0. The van der Waals surface area contributed by atoms with Crippen LogP contribution in [0.4, 0.5) is 0 Å². The SMILES string of the molecule is CCC1=C(/C(=C/C=C/O)C(C)C)[C@H](C)NC(N)=C1c1ccc(O)cc1. The Hall–Kier alpha value is -2.62. The second-order valence-electron chi connectivity index (χ2n) is 6.57. The first-order chi connectivity index (χ1) is 11.9. The molecule has 0 aliphatic carbocycles. The highest BCUT2D eigenvalue weighted by Crippen LogP contribution is 2.38. The third kappa shape index (κ3) is 3.90. The van der Waals surface area contributed by atoms with Gasteiger partial charge in [0.05, 0.1) is 12.3 Å². The van der Waals surface area contributed by atoms with Crippen LogP contribution >= 0.6 is 0 Å². The van der Waals surface area contributed by atoms with Gasteiger partial charge >= 0.3 is 0 Å². The summed E-state index contributed by atoms with van der Waals surface area (Å²) < 4.78 is 0. The monoisotopic (exact) mass is 340 g/mol. The van der Waals surface area contributed by atoms with Gasteiger partial charge in [-0.3, -0.25) is 0 Å². The van der Waals surface area contributed by atoms with Gasteiger partial charge in [0.15, 0.2) is 0 Å². The van der Waals surface area contributed by atoms with Crippen LogP contribution in [0.3, 0.4) is 0 Å². The normalized spacial score (nSPS) is 19.1. The maximum absolute atomic E-state index is 9.58. The molecule has 1 aliphatic heterocycles. The number of dihydropyridines is 1. The van der Waals surface area contributed by atoms with Crippen LogP contribution in [0.25, 0.3) is 5.57 Å². The lowest BCUT2D eigenvalue weighted by atomic mass is 9.80. The highest BCUT2D eigenvalue weighted by Gasteiger charge is 2.28. The van der Waals surface area contributed by atoms with Crippen molar-refractivity contribution in [1.82, 2.24) is 5.32 Å². The van der Waals surface area contributed by atoms with Gasteiger partial charge in [-0.25, -0.2) is 0 Å². The van der Waals surface area contributed by atoms with Gasteiger partial charge in [-0.1, -0.05) is 39.0 Å². The second kappa shape index (κ2) is 7.97. The molecule has 1 heterocycles. The number of rotatable bonds is 5. The quantitative estimate of drug-likeness (QED) is 0.474. The van der Waals surface area contributed by atoms with E-state index in [-0.39, 0.29) is 11.8 Å². The Morgan fingerprint density at radius 3 is 2.44 bits per heavy atom. The largest absolute Gasteiger partial charge is 0.516 e. The third-order valence-electron chi connectivity index (χ3n) is 4.51. The van der Waals surface area contributed by atoms with Crippen molar-refractivity contribution in [1.29, 1.82) is 0 Å². The molecule has 5 N–H and O–H groups in total. The number of aromatic hydroxyl groups is 1. The Morgan fingerprint density at radius 1 is 1.28 bits per heavy atom. The molecule has 0 fully saturated rings. The van der Waals surface area contributed by atoms with Gasteiger partial charge in [-0.05, 0) is 59.8 Å². The van der Waals surface area contributed by atoms with Crippen LogP contribution in [-0.2, 0) is 0 Å². The first-order valence-corrected chi connectivity index (χ1v) is 8.71. The summed E-state index contributed by atoms with van der Waals surface area (Å²) in [6.07, 6.45) is 5.51. The predicted molar refractivity (Wildman–Crippen MR) is 104 cm³/mol. The minimum atomic E-state index is 0.0801. The smallest absolute Gasteiger partial charge is 0.115 e. The lowest BCUT2D eigenvalue weighted by Gasteiger charge is -2.33. The topological polar surface area (TPSA) is 78.5 Å². The maximum Gasteiger partial charge on any atom is 0.115 e. The fraction of sp³-hybridized carbons (Fsp3) is 0.333. The predicted octanol–water partition coefficient (Wildman–Crippen LogP) is 4.37. The Kier molecular flexibility index (Phi) is 5.97. The van der Waals surface area contributed by atoms with Crippen LogP contribution < -0.4 is 11.1 Å². The molecule has 1 aromatic rings. The van der Waals surface area contributed by atoms with E-state index in [4.69, 9.17) is 10.8 Å². The zero-order valence-corrected chi connectivity index (χ0v) is 15.4. The molecular weight excluding hydrogens is 312 g/mol. The van der Waals surface area contributed by atoms with E-state index in [1.54, 1.807) is 18.2 Å². The minimum Gasteiger partial charge on any atom is -0.516 e. The summed E-state index contributed by atoms with van der Waals surface area (Å²) in [5.41, 5.74) is 11.9. The van der Waals surface area contributed by atoms with Gasteiger partial charge in [0.2, 0.25) is 0 Å². The van der Waals surface area contributed by atoms with Gasteiger partial charge in [-0.2, -0.15) is 0 Å². The van der Waals surface area contributed by atoms with Gasteiger partial charge in [0, 0.05) is 5.57 Å². The standard InChI is InChI=1S/C21H28N2O2/c1-5-17-19(18(13(2)3)7-6-12-24)14(4)23-21(22)20(17)15-8-10-16(25)11-9-15/h6-14,23-25H,5,22H2,1-4H3/b12-6+,18-7+/t14-/m0/s1. The van der Waals surface area contributed by atoms with E-state index in [0.717, 1.165) is 23.8 Å². The number of allylic oxidation sites excluding steroid dienone is 4. The molecule has 0 saturated heterocycles. The van der Waals surface area contributed by atoms with E-state index in [1.165, 1.54) is 16.7 Å². The van der Waals surface area contributed by atoms with Gasteiger partial charge in [0.1, 0.15) is 11.6 Å². The molecule has 0 aromatic heterocycles. The number of aliphatic hydroxyl groups is 1. The molecule has 1 aliphatic rings. The Morgan fingerprint density at radius 2 is 1.92 bits per heavy atom. The fourth-order valence-electron chi connectivity index (χ4n) is 3.43. The Balaban J connectivity index is 2.69. The number of nitrogens with two attached hydrogens (primary N) is 1. The zero-order chi connectivity index (χ0) is 18.6. The van der Waals surface area contributed by atoms with Crippen molar-refractivity contribution in [2.45, 2.75) is 40.2 Å². The zero-order valence-electron chi connectivity index (χ0n) is 15.4. The van der Waals surface area contributed by atoms with Crippen LogP contribution in [0, 0.1) is 5.92 Å². The number of hydrogen-bond donors (Lipinski definition) is 4. The molecular formula is C21H28N2O2. The van der Waals surface area contributed by atoms with E-state index in [0.29, 0.717) is 11.7 Å². The summed E-state index contributed by atoms with van der Waals surface area (Å²) >= 11 is 0. The number of benzene rings is 1. The fourth-order valence-corrected chi connectivity index (χ4v) is 3.43. The third-order valence-corrected chi connectivity index (χ3v) is 4.51. The molecule has 1 aromatic carbocycles. The lowest BCUT2D eigenvalue weighted by Crippen LogP contribution is -2.37. The number of hydrogen-bond acceptors (Lipinski definition) is 4. The molecule has 4 heteroatoms. The summed E-state index contributed by atoms with van der Waals surface area (Å²) in [4.78, 5) is 0. The summed E-state index contributed by atoms with van der Waals surface area (Å²) in [6.45, 7) is 8.52. The van der Waals surface area contributed by atoms with E-state index in [2.05, 4.69) is 33.0 Å². The van der Waals surface area contributed by atoms with Crippen LogP contribution in [0.5, 0.6) is 5.75 Å². The van der Waals surface area contributed by atoms with E-state index < -0.39 is 0 Å². The van der Waals surface area contributed by atoms with Crippen LogP contribution in [-0.4, -0.2) is 16.3 Å². The Bertz CT molecular complexity index is 738. The van der Waals surface area contributed by atoms with Crippen molar-refractivity contribution >= 4 is 5.57 Å². The highest BCUT2D eigenvalue weighted by atomic mass is 16.3. The molecule has 0 amide bonds. The van der Waals surface area contributed by atoms with Crippen molar-refractivity contribution in [3.05, 3.63) is 70.8 Å². The van der Waals surface area contributed by atoms with Crippen molar-refractivity contribution in [2.75, 3.05) is 0 Å². The van der Waals surface area contributed by atoms with Gasteiger partial charge in [0.25, 0.3) is 0 Å². The molecule has 1 atom stereocenters. The van der Waals surface area contributed by atoms with Crippen molar-refractivity contribution < 1.29 is 10.2 Å². The molecule has 0 bridgehead atoms. The van der Waals surface area contributed by atoms with Crippen molar-refractivity contribution in [3.63, 3.8) is 0 Å². The summed E-state index contributed by atoms with van der Waals surface area (Å²) in [5.74, 6) is 1.19. The number of phenols is 1. The Labute approximate surface area is 150 Å². The second-order valence-corrected chi connectivity index (χ2v) is 6.57. The van der Waals surface area contributed by atoms with E-state index in [1.807, 2.05) is 18.2 Å². The molecule has 4 nitrogen and oxygen atoms in total. The van der Waals surface area contributed by atoms with Gasteiger partial charge in [-0.15, -0.1) is 0 Å². The molecule has 0 radical (unpaired) electrons. The summed E-state index contributed by atoms with van der Waals surface area (Å²) in [5, 5.41) is 22.0. The first-order valence-electron chi connectivity index (χ1n) is 8.71. The van der Waals surface area contributed by atoms with Crippen molar-refractivity contribution in [2.24, 2.45) is 11.7 Å². The van der Waals surface area contributed by atoms with E-state index >= 15 is 0 Å². The van der Waals surface area contributed by atoms with Crippen LogP contribution in [0.15, 0.2) is 65.2 Å². The average Bonchev–Trinajstić information content (AvgIpc) is 2.57. The number of phenolic OH excluding ortho intramolecular Hbond substituents is 1. The molecule has 0 saturated carbocycles. The molecule has 25 heavy (non-hydrogen) atoms. The molecule has 0 unspecified atom stereocenters. The number of aliphatic hydroxyl groups excluding tert-OH is 1. The maximum atomic E-state index is 9.58. The first kappa shape index (κ1) is 18.7. The lowest BCUT2D eigenvalue weighted by molar-refractivity contribution is 0.473. The van der Waals surface area contributed by atoms with E-state index in [9.17, 15) is 5.11 Å². The highest BCUT2D eigenvalue weighted by molar-refractivity contribution is 5.84. The molecule has 0 spiro atoms. The number of nitrogens with one attached hydrogen (secondary N) is 1.